The van der Waals surface area contributed by atoms with Crippen LogP contribution in [0.15, 0.2) is 0 Å². The van der Waals surface area contributed by atoms with Crippen molar-refractivity contribution in [1.29, 1.82) is 0 Å². The zero-order valence-corrected chi connectivity index (χ0v) is 8.09. The summed E-state index contributed by atoms with van der Waals surface area (Å²) in [4.78, 5) is 10.1. The van der Waals surface area contributed by atoms with Crippen LogP contribution < -0.4 is 5.32 Å². The van der Waals surface area contributed by atoms with Gasteiger partial charge in [-0.3, -0.25) is 0 Å². The summed E-state index contributed by atoms with van der Waals surface area (Å²) >= 11 is 0. The molecule has 2 N–H and O–H groups in total. The van der Waals surface area contributed by atoms with E-state index >= 15 is 0 Å². The van der Waals surface area contributed by atoms with Crippen LogP contribution in [0.4, 0.5) is 8.78 Å². The third-order valence-electron chi connectivity index (χ3n) is 2.62. The molecule has 0 aliphatic heterocycles. The molecule has 82 valence electrons. The molecule has 14 heavy (non-hydrogen) atoms. The van der Waals surface area contributed by atoms with Gasteiger partial charge in [0.05, 0.1) is 6.54 Å². The first kappa shape index (κ1) is 11.4. The highest BCUT2D eigenvalue weighted by molar-refractivity contribution is 5.75. The monoisotopic (exact) mass is 207 g/mol. The predicted octanol–water partition coefficient (Wildman–Crippen LogP) is 1.48. The van der Waals surface area contributed by atoms with E-state index in [4.69, 9.17) is 5.11 Å². The Balaban J connectivity index is 2.30. The molecule has 0 radical (unpaired) electrons. The van der Waals surface area contributed by atoms with Crippen molar-refractivity contribution in [3.63, 3.8) is 0 Å². The van der Waals surface area contributed by atoms with E-state index in [2.05, 4.69) is 12.2 Å². The van der Waals surface area contributed by atoms with E-state index in [9.17, 15) is 13.6 Å². The minimum Gasteiger partial charge on any atom is -0.477 e. The molecule has 0 aromatic heterocycles. The lowest BCUT2D eigenvalue weighted by atomic mass is 10.1. The first-order valence-electron chi connectivity index (χ1n) is 4.76. The van der Waals surface area contributed by atoms with Gasteiger partial charge in [0, 0.05) is 6.04 Å². The summed E-state index contributed by atoms with van der Waals surface area (Å²) in [5.74, 6) is -5.16. The molecule has 0 bridgehead atoms. The summed E-state index contributed by atoms with van der Waals surface area (Å²) in [5, 5.41) is 10.8. The lowest BCUT2D eigenvalue weighted by molar-refractivity contribution is -0.164. The van der Waals surface area contributed by atoms with Gasteiger partial charge in [0.1, 0.15) is 0 Å². The number of halogens is 2. The fraction of sp³-hybridized carbons (Fsp3) is 0.889. The Bertz CT molecular complexity index is 221. The SMILES string of the molecule is CC1CCC(NCC(F)(F)C(=O)O)C1. The molecule has 0 amide bonds. The van der Waals surface area contributed by atoms with Crippen molar-refractivity contribution in [2.45, 2.75) is 38.2 Å². The standard InChI is InChI=1S/C9H15F2NO2/c1-6-2-3-7(4-6)12-5-9(10,11)8(13)14/h6-7,12H,2-5H2,1H3,(H,13,14). The van der Waals surface area contributed by atoms with Gasteiger partial charge in [0.15, 0.2) is 0 Å². The molecule has 1 rings (SSSR count). The van der Waals surface area contributed by atoms with Gasteiger partial charge in [-0.05, 0) is 25.2 Å². The van der Waals surface area contributed by atoms with Crippen LogP contribution in [0, 0.1) is 5.92 Å². The topological polar surface area (TPSA) is 49.3 Å². The summed E-state index contributed by atoms with van der Waals surface area (Å²) in [6, 6.07) is 0.0511. The Morgan fingerprint density at radius 2 is 2.21 bits per heavy atom. The smallest absolute Gasteiger partial charge is 0.375 e. The molecule has 1 saturated carbocycles. The fourth-order valence-electron chi connectivity index (χ4n) is 1.74. The maximum absolute atomic E-state index is 12.6. The van der Waals surface area contributed by atoms with E-state index in [0.717, 1.165) is 19.3 Å². The molecule has 1 fully saturated rings. The molecule has 0 aromatic rings. The Morgan fingerprint density at radius 1 is 1.57 bits per heavy atom. The Morgan fingerprint density at radius 3 is 2.64 bits per heavy atom. The summed E-state index contributed by atoms with van der Waals surface area (Å²) < 4.78 is 25.3. The number of nitrogens with one attached hydrogen (secondary N) is 1. The van der Waals surface area contributed by atoms with Crippen LogP contribution in [0.1, 0.15) is 26.2 Å². The molecule has 0 saturated heterocycles. The molecule has 0 spiro atoms. The van der Waals surface area contributed by atoms with Gasteiger partial charge in [0.2, 0.25) is 0 Å². The zero-order chi connectivity index (χ0) is 10.8. The third kappa shape index (κ3) is 2.90. The Hall–Kier alpha value is -0.710. The summed E-state index contributed by atoms with van der Waals surface area (Å²) in [6.45, 7) is 1.30. The van der Waals surface area contributed by atoms with E-state index in [1.54, 1.807) is 0 Å². The van der Waals surface area contributed by atoms with Gasteiger partial charge in [-0.2, -0.15) is 8.78 Å². The van der Waals surface area contributed by atoms with E-state index in [-0.39, 0.29) is 6.04 Å². The van der Waals surface area contributed by atoms with Crippen molar-refractivity contribution < 1.29 is 18.7 Å². The average Bonchev–Trinajstić information content (AvgIpc) is 2.48. The number of hydrogen-bond donors (Lipinski definition) is 2. The minimum absolute atomic E-state index is 0.0511. The van der Waals surface area contributed by atoms with Crippen LogP contribution in [0.3, 0.4) is 0 Å². The van der Waals surface area contributed by atoms with Crippen LogP contribution in [-0.2, 0) is 4.79 Å². The largest absolute Gasteiger partial charge is 0.477 e. The van der Waals surface area contributed by atoms with E-state index in [0.29, 0.717) is 5.92 Å². The summed E-state index contributed by atoms with van der Waals surface area (Å²) in [6.07, 6.45) is 2.74. The predicted molar refractivity (Wildman–Crippen MR) is 47.4 cm³/mol. The van der Waals surface area contributed by atoms with Crippen LogP contribution in [0.5, 0.6) is 0 Å². The molecular weight excluding hydrogens is 192 g/mol. The van der Waals surface area contributed by atoms with Gasteiger partial charge in [0.25, 0.3) is 0 Å². The second-order valence-corrected chi connectivity index (χ2v) is 4.01. The highest BCUT2D eigenvalue weighted by Crippen LogP contribution is 2.25. The first-order chi connectivity index (χ1) is 6.42. The quantitative estimate of drug-likeness (QED) is 0.734. The van der Waals surface area contributed by atoms with Crippen LogP contribution in [0.2, 0.25) is 0 Å². The molecule has 0 heterocycles. The second kappa shape index (κ2) is 4.21. The fourth-order valence-corrected chi connectivity index (χ4v) is 1.74. The third-order valence-corrected chi connectivity index (χ3v) is 2.62. The summed E-state index contributed by atoms with van der Waals surface area (Å²) in [7, 11) is 0. The number of hydrogen-bond acceptors (Lipinski definition) is 2. The van der Waals surface area contributed by atoms with Crippen molar-refractivity contribution in [2.24, 2.45) is 5.92 Å². The maximum Gasteiger partial charge on any atom is 0.375 e. The number of alkyl halides is 2. The molecular formula is C9H15F2NO2. The van der Waals surface area contributed by atoms with Gasteiger partial charge in [-0.1, -0.05) is 6.92 Å². The summed E-state index contributed by atoms with van der Waals surface area (Å²) in [5.41, 5.74) is 0. The maximum atomic E-state index is 12.6. The van der Waals surface area contributed by atoms with Gasteiger partial charge >= 0.3 is 11.9 Å². The first-order valence-corrected chi connectivity index (χ1v) is 4.76. The van der Waals surface area contributed by atoms with Crippen molar-refractivity contribution >= 4 is 5.97 Å². The lowest BCUT2D eigenvalue weighted by Gasteiger charge is -2.16. The van der Waals surface area contributed by atoms with Gasteiger partial charge < -0.3 is 10.4 Å². The molecule has 2 atom stereocenters. The minimum atomic E-state index is -3.65. The van der Waals surface area contributed by atoms with Crippen LogP contribution >= 0.6 is 0 Å². The van der Waals surface area contributed by atoms with Crippen molar-refractivity contribution in [2.75, 3.05) is 6.54 Å². The second-order valence-electron chi connectivity index (χ2n) is 4.01. The van der Waals surface area contributed by atoms with Crippen molar-refractivity contribution in [1.82, 2.24) is 5.32 Å². The molecule has 1 aliphatic rings. The Kier molecular flexibility index (Phi) is 3.42. The number of aliphatic carboxylic acids is 1. The number of carboxylic acids is 1. The average molecular weight is 207 g/mol. The van der Waals surface area contributed by atoms with E-state index < -0.39 is 18.4 Å². The molecule has 2 unspecified atom stereocenters. The van der Waals surface area contributed by atoms with Gasteiger partial charge in [-0.15, -0.1) is 0 Å². The molecule has 1 aliphatic carbocycles. The Labute approximate surface area is 81.5 Å². The molecule has 5 heteroatoms. The van der Waals surface area contributed by atoms with Crippen LogP contribution in [-0.4, -0.2) is 29.6 Å². The lowest BCUT2D eigenvalue weighted by Crippen LogP contribution is -2.43. The highest BCUT2D eigenvalue weighted by atomic mass is 19.3. The number of carboxylic acid groups (broad SMARTS) is 1. The molecule has 0 aromatic carbocycles. The van der Waals surface area contributed by atoms with Crippen LogP contribution in [0.25, 0.3) is 0 Å². The zero-order valence-electron chi connectivity index (χ0n) is 8.09. The molecule has 3 nitrogen and oxygen atoms in total. The van der Waals surface area contributed by atoms with E-state index in [1.165, 1.54) is 0 Å². The van der Waals surface area contributed by atoms with Gasteiger partial charge in [-0.25, -0.2) is 4.79 Å². The van der Waals surface area contributed by atoms with Crippen molar-refractivity contribution in [3.05, 3.63) is 0 Å². The highest BCUT2D eigenvalue weighted by Gasteiger charge is 2.39. The number of rotatable bonds is 4. The number of carbonyl (C=O) groups is 1. The van der Waals surface area contributed by atoms with Crippen molar-refractivity contribution in [3.8, 4) is 0 Å². The van der Waals surface area contributed by atoms with E-state index in [1.807, 2.05) is 0 Å². The normalized spacial score (nSPS) is 27.9.